The van der Waals surface area contributed by atoms with Crippen molar-refractivity contribution in [1.82, 2.24) is 9.99 Å². The Bertz CT molecular complexity index is 693. The van der Waals surface area contributed by atoms with Gasteiger partial charge in [0, 0.05) is 0 Å². The third-order valence-corrected chi connectivity index (χ3v) is 3.83. The second kappa shape index (κ2) is 6.36. The Balaban J connectivity index is 2.23. The van der Waals surface area contributed by atoms with Crippen molar-refractivity contribution in [3.63, 3.8) is 0 Å². The van der Waals surface area contributed by atoms with E-state index in [2.05, 4.69) is 5.10 Å². The van der Waals surface area contributed by atoms with E-state index in [9.17, 15) is 9.59 Å². The second-order valence-corrected chi connectivity index (χ2v) is 5.18. The van der Waals surface area contributed by atoms with E-state index in [1.807, 2.05) is 35.8 Å². The van der Waals surface area contributed by atoms with Crippen LogP contribution in [-0.2, 0) is 6.54 Å². The summed E-state index contributed by atoms with van der Waals surface area (Å²) >= 11 is 7.08. The Hall–Kier alpha value is -2.12. The van der Waals surface area contributed by atoms with Crippen LogP contribution in [0.15, 0.2) is 40.2 Å². The number of amides is 2. The van der Waals surface area contributed by atoms with Crippen LogP contribution in [0.4, 0.5) is 4.79 Å². The fourth-order valence-corrected chi connectivity index (χ4v) is 2.64. The van der Waals surface area contributed by atoms with Crippen molar-refractivity contribution >= 4 is 35.2 Å². The van der Waals surface area contributed by atoms with E-state index in [0.29, 0.717) is 11.4 Å². The number of carbonyl (C=O) groups is 1. The maximum absolute atomic E-state index is 11.9. The molecular weight excluding hydrogens is 300 g/mol. The van der Waals surface area contributed by atoms with Gasteiger partial charge in [-0.3, -0.25) is 9.36 Å². The number of nitrogens with one attached hydrogen (secondary N) is 1. The number of aromatic nitrogens is 1. The Morgan fingerprint density at radius 3 is 2.80 bits per heavy atom. The molecule has 0 spiro atoms. The number of primary amides is 1. The zero-order chi connectivity index (χ0) is 14.5. The third kappa shape index (κ3) is 3.46. The van der Waals surface area contributed by atoms with Gasteiger partial charge in [-0.1, -0.05) is 53.3 Å². The molecule has 0 saturated heterocycles. The second-order valence-electron chi connectivity index (χ2n) is 3.83. The smallest absolute Gasteiger partial charge is 0.332 e. The van der Waals surface area contributed by atoms with Crippen LogP contribution >= 0.6 is 22.9 Å². The highest BCUT2D eigenvalue weighted by Gasteiger charge is 2.11. The Morgan fingerprint density at radius 2 is 2.15 bits per heavy atom. The van der Waals surface area contributed by atoms with Crippen molar-refractivity contribution in [1.29, 1.82) is 0 Å². The highest BCUT2D eigenvalue weighted by molar-refractivity contribution is 7.11. The van der Waals surface area contributed by atoms with Gasteiger partial charge in [-0.15, -0.1) is 0 Å². The lowest BCUT2D eigenvalue weighted by atomic mass is 10.2. The van der Waals surface area contributed by atoms with Gasteiger partial charge in [0.2, 0.25) is 0 Å². The molecule has 8 heteroatoms. The van der Waals surface area contributed by atoms with Crippen molar-refractivity contribution in [2.24, 2.45) is 10.8 Å². The molecule has 2 aromatic rings. The molecule has 2 amide bonds. The zero-order valence-corrected chi connectivity index (χ0v) is 11.8. The lowest BCUT2D eigenvalue weighted by Crippen LogP contribution is -2.24. The average Bonchev–Trinajstić information content (AvgIpc) is 2.67. The van der Waals surface area contributed by atoms with Gasteiger partial charge in [0.05, 0.1) is 17.6 Å². The number of carbonyl (C=O) groups excluding carboxylic acids is 1. The quantitative estimate of drug-likeness (QED) is 0.663. The highest BCUT2D eigenvalue weighted by Crippen LogP contribution is 2.18. The summed E-state index contributed by atoms with van der Waals surface area (Å²) in [6.45, 7) is 0.381. The number of nitrogens with zero attached hydrogens (tertiary/aromatic N) is 2. The predicted molar refractivity (Wildman–Crippen MR) is 79.4 cm³/mol. The minimum absolute atomic E-state index is 0.195. The van der Waals surface area contributed by atoms with E-state index in [4.69, 9.17) is 17.3 Å². The minimum atomic E-state index is -0.784. The molecule has 1 aromatic heterocycles. The van der Waals surface area contributed by atoms with Gasteiger partial charge in [-0.25, -0.2) is 10.2 Å². The molecule has 104 valence electrons. The number of hydrogen-bond acceptors (Lipinski definition) is 4. The number of thiazole rings is 1. The molecule has 2 rings (SSSR count). The molecule has 0 atom stereocenters. The summed E-state index contributed by atoms with van der Waals surface area (Å²) in [5.74, 6) is 0. The number of halogens is 1. The van der Waals surface area contributed by atoms with Gasteiger partial charge in [0.1, 0.15) is 5.15 Å². The maximum atomic E-state index is 11.9. The largest absolute Gasteiger partial charge is 0.350 e. The summed E-state index contributed by atoms with van der Waals surface area (Å²) in [4.78, 5) is 22.6. The van der Waals surface area contributed by atoms with E-state index < -0.39 is 6.03 Å². The van der Waals surface area contributed by atoms with E-state index in [0.717, 1.165) is 16.9 Å². The van der Waals surface area contributed by atoms with E-state index in [-0.39, 0.29) is 10.0 Å². The molecule has 0 saturated carbocycles. The molecule has 0 bridgehead atoms. The molecule has 1 heterocycles. The van der Waals surface area contributed by atoms with Crippen molar-refractivity contribution in [3.05, 3.63) is 55.6 Å². The fraction of sp³-hybridized carbons (Fsp3) is 0.0833. The molecule has 1 aromatic carbocycles. The summed E-state index contributed by atoms with van der Waals surface area (Å²) in [5, 5.41) is 3.86. The molecule has 0 radical (unpaired) electrons. The van der Waals surface area contributed by atoms with Gasteiger partial charge >= 0.3 is 10.9 Å². The highest BCUT2D eigenvalue weighted by atomic mass is 35.5. The minimum Gasteiger partial charge on any atom is -0.350 e. The number of hydrazone groups is 1. The standard InChI is InChI=1S/C12H11ClN4O2S/c13-10-9(6-15-16-11(14)18)20-12(19)17(10)7-8-4-2-1-3-5-8/h1-6H,7H2,(H3,14,16,18)/b15-6+. The number of urea groups is 1. The molecule has 6 nitrogen and oxygen atoms in total. The third-order valence-electron chi connectivity index (χ3n) is 2.40. The normalized spacial score (nSPS) is 10.8. The summed E-state index contributed by atoms with van der Waals surface area (Å²) < 4.78 is 1.44. The Morgan fingerprint density at radius 1 is 1.45 bits per heavy atom. The lowest BCUT2D eigenvalue weighted by Gasteiger charge is -2.03. The summed E-state index contributed by atoms with van der Waals surface area (Å²) in [7, 11) is 0. The van der Waals surface area contributed by atoms with Crippen molar-refractivity contribution in [3.8, 4) is 0 Å². The predicted octanol–water partition coefficient (Wildman–Crippen LogP) is 1.61. The molecule has 0 unspecified atom stereocenters. The van der Waals surface area contributed by atoms with Crippen molar-refractivity contribution in [2.75, 3.05) is 0 Å². The van der Waals surface area contributed by atoms with Gasteiger partial charge < -0.3 is 5.73 Å². The molecular formula is C12H11ClN4O2S. The Labute approximate surface area is 123 Å². The molecule has 0 aliphatic rings. The average molecular weight is 311 g/mol. The van der Waals surface area contributed by atoms with Crippen LogP contribution in [0.1, 0.15) is 10.4 Å². The number of nitrogens with two attached hydrogens (primary N) is 1. The first kappa shape index (κ1) is 14.3. The SMILES string of the molecule is NC(=O)N/N=C/c1sc(=O)n(Cc2ccccc2)c1Cl. The summed E-state index contributed by atoms with van der Waals surface area (Å²) in [5.41, 5.74) is 7.88. The molecule has 0 aliphatic heterocycles. The van der Waals surface area contributed by atoms with E-state index in [1.54, 1.807) is 0 Å². The first-order valence-electron chi connectivity index (χ1n) is 5.59. The van der Waals surface area contributed by atoms with Gasteiger partial charge in [0.15, 0.2) is 0 Å². The van der Waals surface area contributed by atoms with E-state index in [1.165, 1.54) is 10.8 Å². The number of hydrogen-bond donors (Lipinski definition) is 2. The van der Waals surface area contributed by atoms with Crippen LogP contribution in [0.25, 0.3) is 0 Å². The first-order valence-corrected chi connectivity index (χ1v) is 6.79. The molecule has 20 heavy (non-hydrogen) atoms. The summed E-state index contributed by atoms with van der Waals surface area (Å²) in [6.07, 6.45) is 1.29. The fourth-order valence-electron chi connectivity index (χ4n) is 1.54. The first-order chi connectivity index (χ1) is 9.58. The van der Waals surface area contributed by atoms with Crippen LogP contribution in [0.5, 0.6) is 0 Å². The monoisotopic (exact) mass is 310 g/mol. The van der Waals surface area contributed by atoms with Gasteiger partial charge in [-0.05, 0) is 5.56 Å². The number of benzene rings is 1. The van der Waals surface area contributed by atoms with Crippen LogP contribution < -0.4 is 16.0 Å². The van der Waals surface area contributed by atoms with Crippen LogP contribution in [0, 0.1) is 0 Å². The van der Waals surface area contributed by atoms with Gasteiger partial charge in [0.25, 0.3) is 0 Å². The topological polar surface area (TPSA) is 89.5 Å². The van der Waals surface area contributed by atoms with Gasteiger partial charge in [-0.2, -0.15) is 5.10 Å². The maximum Gasteiger partial charge on any atom is 0.332 e. The molecule has 3 N–H and O–H groups in total. The number of rotatable bonds is 4. The summed E-state index contributed by atoms with van der Waals surface area (Å²) in [6, 6.07) is 8.70. The van der Waals surface area contributed by atoms with Crippen molar-refractivity contribution in [2.45, 2.75) is 6.54 Å². The zero-order valence-electron chi connectivity index (χ0n) is 10.2. The van der Waals surface area contributed by atoms with Crippen LogP contribution in [-0.4, -0.2) is 16.8 Å². The molecule has 0 aliphatic carbocycles. The lowest BCUT2D eigenvalue weighted by molar-refractivity contribution is 0.249. The van der Waals surface area contributed by atoms with Crippen molar-refractivity contribution < 1.29 is 4.79 Å². The van der Waals surface area contributed by atoms with Crippen LogP contribution in [0.3, 0.4) is 0 Å². The molecule has 0 fully saturated rings. The Kier molecular flexibility index (Phi) is 4.54. The van der Waals surface area contributed by atoms with Crippen LogP contribution in [0.2, 0.25) is 5.15 Å². The van der Waals surface area contributed by atoms with E-state index >= 15 is 0 Å².